The van der Waals surface area contributed by atoms with E-state index in [1.54, 1.807) is 32.2 Å². The van der Waals surface area contributed by atoms with E-state index in [0.29, 0.717) is 11.3 Å². The summed E-state index contributed by atoms with van der Waals surface area (Å²) in [5, 5.41) is 12.2. The number of amides is 1. The first-order valence-corrected chi connectivity index (χ1v) is 8.91. The van der Waals surface area contributed by atoms with Gasteiger partial charge in [0.2, 0.25) is 0 Å². The first kappa shape index (κ1) is 19.7. The average Bonchev–Trinajstić information content (AvgIpc) is 2.63. The number of aryl methyl sites for hydroxylation is 1. The Hall–Kier alpha value is -2.67. The highest BCUT2D eigenvalue weighted by Crippen LogP contribution is 2.31. The van der Waals surface area contributed by atoms with Gasteiger partial charge in [-0.15, -0.1) is 0 Å². The van der Waals surface area contributed by atoms with Crippen LogP contribution in [0.4, 0.5) is 5.69 Å². The van der Waals surface area contributed by atoms with Crippen molar-refractivity contribution in [1.82, 2.24) is 4.98 Å². The monoisotopic (exact) mass is 349 g/mol. The number of anilines is 1. The van der Waals surface area contributed by atoms with Crippen molar-refractivity contribution in [3.8, 4) is 6.07 Å². The van der Waals surface area contributed by atoms with Crippen LogP contribution in [0.25, 0.3) is 0 Å². The van der Waals surface area contributed by atoms with Gasteiger partial charge < -0.3 is 5.32 Å². The molecule has 0 spiro atoms. The van der Waals surface area contributed by atoms with Crippen LogP contribution >= 0.6 is 0 Å². The van der Waals surface area contributed by atoms with Crippen LogP contribution in [-0.2, 0) is 10.8 Å². The van der Waals surface area contributed by atoms with Crippen LogP contribution in [0, 0.1) is 18.3 Å². The van der Waals surface area contributed by atoms with Crippen molar-refractivity contribution < 1.29 is 4.79 Å². The molecule has 0 radical (unpaired) electrons. The van der Waals surface area contributed by atoms with Crippen molar-refractivity contribution in [3.05, 3.63) is 58.9 Å². The van der Waals surface area contributed by atoms with Gasteiger partial charge in [0.05, 0.1) is 17.2 Å². The molecule has 1 N–H and O–H groups in total. The fourth-order valence-corrected chi connectivity index (χ4v) is 2.79. The number of nitriles is 1. The van der Waals surface area contributed by atoms with Crippen LogP contribution in [0.15, 0.2) is 36.5 Å². The van der Waals surface area contributed by atoms with E-state index in [-0.39, 0.29) is 11.3 Å². The molecule has 136 valence electrons. The van der Waals surface area contributed by atoms with Crippen LogP contribution in [-0.4, -0.2) is 10.9 Å². The number of carbonyl (C=O) groups is 1. The summed E-state index contributed by atoms with van der Waals surface area (Å²) < 4.78 is 0. The zero-order valence-electron chi connectivity index (χ0n) is 16.5. The average molecular weight is 349 g/mol. The Morgan fingerprint density at radius 3 is 2.50 bits per heavy atom. The largest absolute Gasteiger partial charge is 0.322 e. The molecule has 0 unspecified atom stereocenters. The van der Waals surface area contributed by atoms with E-state index >= 15 is 0 Å². The van der Waals surface area contributed by atoms with Crippen LogP contribution < -0.4 is 5.32 Å². The summed E-state index contributed by atoms with van der Waals surface area (Å²) >= 11 is 0. The second-order valence-corrected chi connectivity index (χ2v) is 7.89. The molecule has 0 atom stereocenters. The Bertz CT molecular complexity index is 860. The number of rotatable bonds is 5. The summed E-state index contributed by atoms with van der Waals surface area (Å²) in [6.07, 6.45) is 2.59. The van der Waals surface area contributed by atoms with Gasteiger partial charge in [-0.2, -0.15) is 5.26 Å². The highest BCUT2D eigenvalue weighted by molar-refractivity contribution is 6.04. The molecule has 4 heteroatoms. The van der Waals surface area contributed by atoms with Crippen molar-refractivity contribution in [2.75, 3.05) is 5.32 Å². The lowest BCUT2D eigenvalue weighted by atomic mass is 9.80. The minimum Gasteiger partial charge on any atom is -0.322 e. The highest BCUT2D eigenvalue weighted by Gasteiger charge is 2.23. The molecule has 0 aliphatic rings. The van der Waals surface area contributed by atoms with Crippen LogP contribution in [0.2, 0.25) is 0 Å². The van der Waals surface area contributed by atoms with Gasteiger partial charge in [-0.05, 0) is 68.0 Å². The number of carbonyl (C=O) groups excluding carboxylic acids is 1. The molecule has 0 aliphatic heterocycles. The van der Waals surface area contributed by atoms with Gasteiger partial charge >= 0.3 is 0 Å². The maximum atomic E-state index is 12.7. The molecule has 1 aromatic carbocycles. The molecule has 2 rings (SSSR count). The minimum atomic E-state index is -0.738. The topological polar surface area (TPSA) is 65.8 Å². The number of hydrogen-bond donors (Lipinski definition) is 1. The number of hydrogen-bond acceptors (Lipinski definition) is 3. The van der Waals surface area contributed by atoms with E-state index in [1.807, 2.05) is 12.1 Å². The van der Waals surface area contributed by atoms with Crippen molar-refractivity contribution in [3.63, 3.8) is 0 Å². The van der Waals surface area contributed by atoms with Crippen LogP contribution in [0.1, 0.15) is 68.2 Å². The maximum absolute atomic E-state index is 12.7. The normalized spacial score (nSPS) is 11.7. The first-order chi connectivity index (χ1) is 12.1. The lowest BCUT2D eigenvalue weighted by Crippen LogP contribution is -2.20. The Kier molecular flexibility index (Phi) is 5.51. The van der Waals surface area contributed by atoms with Crippen LogP contribution in [0.5, 0.6) is 0 Å². The predicted molar refractivity (Wildman–Crippen MR) is 105 cm³/mol. The van der Waals surface area contributed by atoms with Crippen molar-refractivity contribution in [2.24, 2.45) is 0 Å². The summed E-state index contributed by atoms with van der Waals surface area (Å²) in [4.78, 5) is 16.9. The third-order valence-corrected chi connectivity index (χ3v) is 5.05. The summed E-state index contributed by atoms with van der Waals surface area (Å²) in [6, 6.07) is 11.6. The molecular weight excluding hydrogens is 322 g/mol. The fraction of sp³-hybridized carbons (Fsp3) is 0.409. The Labute approximate surface area is 156 Å². The van der Waals surface area contributed by atoms with E-state index in [0.717, 1.165) is 12.1 Å². The van der Waals surface area contributed by atoms with Gasteiger partial charge in [-0.3, -0.25) is 9.78 Å². The molecule has 0 bridgehead atoms. The number of benzene rings is 1. The Morgan fingerprint density at radius 2 is 1.88 bits per heavy atom. The molecule has 4 nitrogen and oxygen atoms in total. The second kappa shape index (κ2) is 7.29. The summed E-state index contributed by atoms with van der Waals surface area (Å²) in [5.74, 6) is -0.202. The third-order valence-electron chi connectivity index (χ3n) is 5.05. The number of nitrogens with zero attached hydrogens (tertiary/aromatic N) is 2. The molecule has 0 fully saturated rings. The smallest absolute Gasteiger partial charge is 0.255 e. The molecule has 0 saturated heterocycles. The van der Waals surface area contributed by atoms with E-state index in [1.165, 1.54) is 11.1 Å². The Balaban J connectivity index is 2.30. The van der Waals surface area contributed by atoms with Crippen molar-refractivity contribution in [1.29, 1.82) is 5.26 Å². The van der Waals surface area contributed by atoms with E-state index < -0.39 is 5.41 Å². The Morgan fingerprint density at radius 1 is 1.19 bits per heavy atom. The second-order valence-electron chi connectivity index (χ2n) is 7.89. The first-order valence-electron chi connectivity index (χ1n) is 8.91. The van der Waals surface area contributed by atoms with E-state index in [2.05, 4.69) is 50.1 Å². The van der Waals surface area contributed by atoms with Gasteiger partial charge in [0.15, 0.2) is 0 Å². The van der Waals surface area contributed by atoms with Gasteiger partial charge in [0, 0.05) is 17.4 Å². The van der Waals surface area contributed by atoms with Gasteiger partial charge in [0.25, 0.3) is 5.91 Å². The quantitative estimate of drug-likeness (QED) is 0.813. The lowest BCUT2D eigenvalue weighted by Gasteiger charge is -2.26. The predicted octanol–water partition coefficient (Wildman–Crippen LogP) is 5.13. The molecule has 0 aliphatic carbocycles. The minimum absolute atomic E-state index is 0.0471. The molecular formula is C22H27N3O. The zero-order chi connectivity index (χ0) is 19.5. The fourth-order valence-electron chi connectivity index (χ4n) is 2.79. The van der Waals surface area contributed by atoms with Gasteiger partial charge in [-0.1, -0.05) is 26.8 Å². The molecule has 1 heterocycles. The number of nitrogens with one attached hydrogen (secondary N) is 1. The SMILES string of the molecule is CCC(C)(C)c1cc(NC(=O)c2ccnc(C(C)(C)C#N)c2)ccc1C. The maximum Gasteiger partial charge on any atom is 0.255 e. The molecule has 1 amide bonds. The number of aromatic nitrogens is 1. The summed E-state index contributed by atoms with van der Waals surface area (Å²) in [5.41, 5.74) is 3.62. The molecule has 2 aromatic rings. The molecule has 26 heavy (non-hydrogen) atoms. The highest BCUT2D eigenvalue weighted by atomic mass is 16.1. The lowest BCUT2D eigenvalue weighted by molar-refractivity contribution is 0.102. The molecule has 0 saturated carbocycles. The van der Waals surface area contributed by atoms with E-state index in [9.17, 15) is 10.1 Å². The number of pyridine rings is 1. The van der Waals surface area contributed by atoms with Gasteiger partial charge in [-0.25, -0.2) is 0 Å². The van der Waals surface area contributed by atoms with E-state index in [4.69, 9.17) is 0 Å². The van der Waals surface area contributed by atoms with Crippen molar-refractivity contribution >= 4 is 11.6 Å². The molecule has 1 aromatic heterocycles. The standard InChI is InChI=1S/C22H27N3O/c1-7-21(3,4)18-13-17(9-8-15(18)2)25-20(26)16-10-11-24-19(12-16)22(5,6)14-23/h8-13H,7H2,1-6H3,(H,25,26). The zero-order valence-corrected chi connectivity index (χ0v) is 16.5. The third kappa shape index (κ3) is 4.11. The van der Waals surface area contributed by atoms with Crippen molar-refractivity contribution in [2.45, 2.75) is 58.8 Å². The van der Waals surface area contributed by atoms with Gasteiger partial charge in [0.1, 0.15) is 0 Å². The summed E-state index contributed by atoms with van der Waals surface area (Å²) in [7, 11) is 0. The summed E-state index contributed by atoms with van der Waals surface area (Å²) in [6.45, 7) is 12.3. The van der Waals surface area contributed by atoms with Crippen LogP contribution in [0.3, 0.4) is 0 Å².